The second-order valence-electron chi connectivity index (χ2n) is 3.57. The number of carboxylic acids is 1. The highest BCUT2D eigenvalue weighted by molar-refractivity contribution is 5.95. The fourth-order valence-electron chi connectivity index (χ4n) is 1.42. The fourth-order valence-corrected chi connectivity index (χ4v) is 1.42. The van der Waals surface area contributed by atoms with E-state index in [1.165, 1.54) is 12.1 Å². The number of hydrogen-bond donors (Lipinski definition) is 2. The zero-order valence-corrected chi connectivity index (χ0v) is 9.88. The lowest BCUT2D eigenvalue weighted by Crippen LogP contribution is -2.09. The molecule has 0 spiro atoms. The molecular weight excluding hydrogens is 240 g/mol. The van der Waals surface area contributed by atoms with Crippen LogP contribution in [0.3, 0.4) is 0 Å². The van der Waals surface area contributed by atoms with Gasteiger partial charge in [-0.2, -0.15) is 0 Å². The second-order valence-corrected chi connectivity index (χ2v) is 3.57. The van der Waals surface area contributed by atoms with Crippen LogP contribution in [-0.2, 0) is 4.74 Å². The maximum atomic E-state index is 11.0. The Labute approximate surface area is 104 Å². The molecule has 7 heteroatoms. The highest BCUT2D eigenvalue weighted by Crippen LogP contribution is 2.22. The van der Waals surface area contributed by atoms with Crippen molar-refractivity contribution >= 4 is 17.3 Å². The van der Waals surface area contributed by atoms with Crippen LogP contribution in [0.5, 0.6) is 0 Å². The smallest absolute Gasteiger partial charge is 0.338 e. The quantitative estimate of drug-likeness (QED) is 0.436. The van der Waals surface area contributed by atoms with Crippen LogP contribution in [0.1, 0.15) is 16.8 Å². The minimum absolute atomic E-state index is 0.110. The summed E-state index contributed by atoms with van der Waals surface area (Å²) in [6, 6.07) is 3.71. The van der Waals surface area contributed by atoms with E-state index in [0.717, 1.165) is 6.07 Å². The van der Waals surface area contributed by atoms with Crippen LogP contribution in [0.25, 0.3) is 0 Å². The number of carbonyl (C=O) groups is 1. The average molecular weight is 254 g/mol. The van der Waals surface area contributed by atoms with Crippen molar-refractivity contribution in [3.63, 3.8) is 0 Å². The molecule has 2 N–H and O–H groups in total. The van der Waals surface area contributed by atoms with Gasteiger partial charge in [-0.05, 0) is 12.5 Å². The molecule has 7 nitrogen and oxygen atoms in total. The predicted molar refractivity (Wildman–Crippen MR) is 65.0 cm³/mol. The molecule has 1 aromatic rings. The summed E-state index contributed by atoms with van der Waals surface area (Å²) in [4.78, 5) is 20.9. The Kier molecular flexibility index (Phi) is 5.06. The van der Waals surface area contributed by atoms with Crippen LogP contribution >= 0.6 is 0 Å². The highest BCUT2D eigenvalue weighted by Gasteiger charge is 2.15. The SMILES string of the molecule is COCCCNc1ccc([N+](=O)[O-])cc1C(=O)O. The zero-order valence-electron chi connectivity index (χ0n) is 9.88. The van der Waals surface area contributed by atoms with Gasteiger partial charge < -0.3 is 15.2 Å². The van der Waals surface area contributed by atoms with Crippen LogP contribution in [0.2, 0.25) is 0 Å². The number of rotatable bonds is 7. The summed E-state index contributed by atoms with van der Waals surface area (Å²) in [5.74, 6) is -1.20. The highest BCUT2D eigenvalue weighted by atomic mass is 16.6. The first kappa shape index (κ1) is 13.9. The van der Waals surface area contributed by atoms with Gasteiger partial charge in [0, 0.05) is 38.1 Å². The van der Waals surface area contributed by atoms with Gasteiger partial charge in [0.05, 0.1) is 10.5 Å². The number of carboxylic acid groups (broad SMARTS) is 1. The van der Waals surface area contributed by atoms with Crippen molar-refractivity contribution in [3.05, 3.63) is 33.9 Å². The topological polar surface area (TPSA) is 102 Å². The molecule has 0 atom stereocenters. The summed E-state index contributed by atoms with van der Waals surface area (Å²) in [6.07, 6.45) is 0.715. The van der Waals surface area contributed by atoms with E-state index < -0.39 is 10.9 Å². The van der Waals surface area contributed by atoms with Crippen molar-refractivity contribution in [1.29, 1.82) is 0 Å². The number of ether oxygens (including phenoxy) is 1. The number of non-ortho nitro benzene ring substituents is 1. The number of nitrogens with zero attached hydrogens (tertiary/aromatic N) is 1. The largest absolute Gasteiger partial charge is 0.478 e. The normalized spacial score (nSPS) is 10.1. The van der Waals surface area contributed by atoms with E-state index in [-0.39, 0.29) is 11.3 Å². The van der Waals surface area contributed by atoms with E-state index in [4.69, 9.17) is 9.84 Å². The summed E-state index contributed by atoms with van der Waals surface area (Å²) < 4.78 is 4.86. The summed E-state index contributed by atoms with van der Waals surface area (Å²) in [6.45, 7) is 1.09. The van der Waals surface area contributed by atoms with Gasteiger partial charge in [-0.3, -0.25) is 10.1 Å². The third kappa shape index (κ3) is 3.70. The molecular formula is C11H14N2O5. The first-order chi connectivity index (χ1) is 8.56. The van der Waals surface area contributed by atoms with Crippen LogP contribution < -0.4 is 5.32 Å². The summed E-state index contributed by atoms with van der Waals surface area (Å²) in [7, 11) is 1.58. The van der Waals surface area contributed by atoms with E-state index in [1.54, 1.807) is 7.11 Å². The minimum atomic E-state index is -1.20. The van der Waals surface area contributed by atoms with Gasteiger partial charge in [0.1, 0.15) is 0 Å². The van der Waals surface area contributed by atoms with Gasteiger partial charge in [-0.25, -0.2) is 4.79 Å². The molecule has 0 aromatic heterocycles. The lowest BCUT2D eigenvalue weighted by Gasteiger charge is -2.09. The summed E-state index contributed by atoms with van der Waals surface area (Å²) >= 11 is 0. The number of anilines is 1. The Morgan fingerprint density at radius 2 is 2.28 bits per heavy atom. The second kappa shape index (κ2) is 6.55. The van der Waals surface area contributed by atoms with Gasteiger partial charge in [0.2, 0.25) is 0 Å². The van der Waals surface area contributed by atoms with E-state index in [1.807, 2.05) is 0 Å². The molecule has 0 saturated heterocycles. The molecule has 0 radical (unpaired) electrons. The van der Waals surface area contributed by atoms with Crippen LogP contribution in [-0.4, -0.2) is 36.3 Å². The number of hydrogen-bond acceptors (Lipinski definition) is 5. The molecule has 0 amide bonds. The molecule has 0 aliphatic heterocycles. The predicted octanol–water partition coefficient (Wildman–Crippen LogP) is 1.74. The Bertz CT molecular complexity index is 447. The molecule has 0 fully saturated rings. The first-order valence-electron chi connectivity index (χ1n) is 5.30. The molecule has 98 valence electrons. The van der Waals surface area contributed by atoms with Crippen molar-refractivity contribution in [2.75, 3.05) is 25.6 Å². The van der Waals surface area contributed by atoms with Crippen molar-refractivity contribution in [2.45, 2.75) is 6.42 Å². The standard InChI is InChI=1S/C11H14N2O5/c1-18-6-2-5-12-10-4-3-8(13(16)17)7-9(10)11(14)15/h3-4,7,12H,2,5-6H2,1H3,(H,14,15). The number of aromatic carboxylic acids is 1. The lowest BCUT2D eigenvalue weighted by molar-refractivity contribution is -0.384. The molecule has 1 rings (SSSR count). The van der Waals surface area contributed by atoms with Crippen LogP contribution in [0.4, 0.5) is 11.4 Å². The fraction of sp³-hybridized carbons (Fsp3) is 0.364. The maximum Gasteiger partial charge on any atom is 0.338 e. The average Bonchev–Trinajstić information content (AvgIpc) is 2.34. The maximum absolute atomic E-state index is 11.0. The Hall–Kier alpha value is -2.15. The number of benzene rings is 1. The van der Waals surface area contributed by atoms with Gasteiger partial charge in [-0.15, -0.1) is 0 Å². The Balaban J connectivity index is 2.83. The Morgan fingerprint density at radius 1 is 1.56 bits per heavy atom. The number of nitrogens with one attached hydrogen (secondary N) is 1. The molecule has 0 aliphatic rings. The van der Waals surface area contributed by atoms with Crippen molar-refractivity contribution < 1.29 is 19.6 Å². The number of nitro groups is 1. The third-order valence-corrected chi connectivity index (χ3v) is 2.29. The molecule has 18 heavy (non-hydrogen) atoms. The lowest BCUT2D eigenvalue weighted by atomic mass is 10.1. The molecule has 0 heterocycles. The summed E-state index contributed by atoms with van der Waals surface area (Å²) in [5.41, 5.74) is 0.0145. The van der Waals surface area contributed by atoms with E-state index in [9.17, 15) is 14.9 Å². The van der Waals surface area contributed by atoms with Crippen molar-refractivity contribution in [1.82, 2.24) is 0 Å². The van der Waals surface area contributed by atoms with Crippen molar-refractivity contribution in [3.8, 4) is 0 Å². The zero-order chi connectivity index (χ0) is 13.5. The van der Waals surface area contributed by atoms with Gasteiger partial charge >= 0.3 is 5.97 Å². The molecule has 0 unspecified atom stereocenters. The molecule has 0 saturated carbocycles. The van der Waals surface area contributed by atoms with E-state index in [0.29, 0.717) is 25.3 Å². The van der Waals surface area contributed by atoms with E-state index in [2.05, 4.69) is 5.32 Å². The molecule has 1 aromatic carbocycles. The first-order valence-corrected chi connectivity index (χ1v) is 5.30. The summed E-state index contributed by atoms with van der Waals surface area (Å²) in [5, 5.41) is 22.5. The van der Waals surface area contributed by atoms with Gasteiger partial charge in [-0.1, -0.05) is 0 Å². The van der Waals surface area contributed by atoms with Crippen LogP contribution in [0.15, 0.2) is 18.2 Å². The van der Waals surface area contributed by atoms with Gasteiger partial charge in [0.15, 0.2) is 0 Å². The minimum Gasteiger partial charge on any atom is -0.478 e. The molecule has 0 bridgehead atoms. The van der Waals surface area contributed by atoms with E-state index >= 15 is 0 Å². The third-order valence-electron chi connectivity index (χ3n) is 2.29. The monoisotopic (exact) mass is 254 g/mol. The number of nitro benzene ring substituents is 1. The molecule has 0 aliphatic carbocycles. The Morgan fingerprint density at radius 3 is 2.83 bits per heavy atom. The van der Waals surface area contributed by atoms with Gasteiger partial charge in [0.25, 0.3) is 5.69 Å². The van der Waals surface area contributed by atoms with Crippen molar-refractivity contribution in [2.24, 2.45) is 0 Å². The van der Waals surface area contributed by atoms with Crippen LogP contribution in [0, 0.1) is 10.1 Å². The number of methoxy groups -OCH3 is 1.